The highest BCUT2D eigenvalue weighted by Crippen LogP contribution is 2.11. The number of nitroso groups, excluding NO2 is 1. The van der Waals surface area contributed by atoms with Crippen LogP contribution in [0.15, 0.2) is 35.8 Å². The summed E-state index contributed by atoms with van der Waals surface area (Å²) in [5, 5.41) is 3.05. The second-order valence-electron chi connectivity index (χ2n) is 2.66. The predicted molar refractivity (Wildman–Crippen MR) is 49.7 cm³/mol. The fourth-order valence-corrected chi connectivity index (χ4v) is 1.14. The molecule has 0 saturated heterocycles. The first kappa shape index (κ1) is 8.43. The number of hydrogen-bond acceptors (Lipinski definition) is 4. The molecule has 2 aromatic heterocycles. The molecule has 5 nitrogen and oxygen atoms in total. The number of fused-ring (bicyclic) bond motifs is 1. The van der Waals surface area contributed by atoms with Gasteiger partial charge in [0.2, 0.25) is 0 Å². The second kappa shape index (κ2) is 3.29. The number of aromatic nitrogens is 2. The van der Waals surface area contributed by atoms with Gasteiger partial charge in [0.05, 0.1) is 11.7 Å². The van der Waals surface area contributed by atoms with E-state index in [9.17, 15) is 9.70 Å². The number of pyridine rings is 2. The van der Waals surface area contributed by atoms with Crippen molar-refractivity contribution in [2.45, 2.75) is 0 Å². The minimum atomic E-state index is -0.865. The maximum Gasteiger partial charge on any atom is 0.335 e. The van der Waals surface area contributed by atoms with E-state index >= 15 is 0 Å². The summed E-state index contributed by atoms with van der Waals surface area (Å²) < 4.78 is 0. The van der Waals surface area contributed by atoms with Crippen LogP contribution in [0.25, 0.3) is 10.9 Å². The molecule has 0 unspecified atom stereocenters. The molecule has 2 aromatic rings. The van der Waals surface area contributed by atoms with Crippen LogP contribution in [0.1, 0.15) is 10.5 Å². The molecule has 0 saturated carbocycles. The Hall–Kier alpha value is -2.17. The van der Waals surface area contributed by atoms with Gasteiger partial charge in [-0.1, -0.05) is 6.07 Å². The van der Waals surface area contributed by atoms with Crippen molar-refractivity contribution in [1.29, 1.82) is 0 Å². The fourth-order valence-electron chi connectivity index (χ4n) is 1.14. The van der Waals surface area contributed by atoms with Gasteiger partial charge in [0.1, 0.15) is 5.69 Å². The maximum atomic E-state index is 10.9. The normalized spacial score (nSPS) is 10.0. The minimum absolute atomic E-state index is 0.0421. The molecule has 68 valence electrons. The van der Waals surface area contributed by atoms with Crippen LogP contribution in [0.2, 0.25) is 0 Å². The molecule has 0 atom stereocenters. The molecule has 0 bridgehead atoms. The Balaban J connectivity index is 2.62. The quantitative estimate of drug-likeness (QED) is 0.634. The summed E-state index contributed by atoms with van der Waals surface area (Å²) in [4.78, 5) is 28.7. The largest absolute Gasteiger partial charge is 0.335 e. The third-order valence-electron chi connectivity index (χ3n) is 1.79. The number of carbonyl (C=O) groups excluding carboxylic acids is 1. The van der Waals surface area contributed by atoms with Crippen molar-refractivity contribution >= 4 is 16.8 Å². The molecular weight excluding hydrogens is 182 g/mol. The number of nitrogens with zero attached hydrogens (tertiary/aromatic N) is 3. The number of amides is 1. The Morgan fingerprint density at radius 2 is 2.21 bits per heavy atom. The van der Waals surface area contributed by atoms with Crippen LogP contribution >= 0.6 is 0 Å². The lowest BCUT2D eigenvalue weighted by Gasteiger charge is -1.96. The summed E-state index contributed by atoms with van der Waals surface area (Å²) in [5.74, 6) is -0.865. The van der Waals surface area contributed by atoms with Crippen LogP contribution in [-0.4, -0.2) is 15.9 Å². The monoisotopic (exact) mass is 187 g/mol. The van der Waals surface area contributed by atoms with Crippen molar-refractivity contribution in [2.24, 2.45) is 5.18 Å². The summed E-state index contributed by atoms with van der Waals surface area (Å²) in [7, 11) is 0. The van der Waals surface area contributed by atoms with Crippen LogP contribution in [0.3, 0.4) is 0 Å². The molecule has 2 rings (SSSR count). The van der Waals surface area contributed by atoms with E-state index in [4.69, 9.17) is 0 Å². The molecular formula is C9H5N3O2. The van der Waals surface area contributed by atoms with E-state index in [1.54, 1.807) is 18.3 Å². The molecule has 0 aliphatic heterocycles. The lowest BCUT2D eigenvalue weighted by molar-refractivity contribution is 0.0996. The second-order valence-corrected chi connectivity index (χ2v) is 2.66. The van der Waals surface area contributed by atoms with Gasteiger partial charge in [-0.25, -0.2) is 4.98 Å². The van der Waals surface area contributed by atoms with E-state index in [1.807, 2.05) is 0 Å². The van der Waals surface area contributed by atoms with Gasteiger partial charge < -0.3 is 0 Å². The zero-order valence-corrected chi connectivity index (χ0v) is 7.04. The third kappa shape index (κ3) is 1.35. The van der Waals surface area contributed by atoms with Gasteiger partial charge in [0.15, 0.2) is 0 Å². The van der Waals surface area contributed by atoms with Crippen molar-refractivity contribution in [3.8, 4) is 0 Å². The average molecular weight is 187 g/mol. The van der Waals surface area contributed by atoms with Gasteiger partial charge in [-0.3, -0.25) is 9.78 Å². The first-order chi connectivity index (χ1) is 6.81. The van der Waals surface area contributed by atoms with Crippen LogP contribution in [0.4, 0.5) is 0 Å². The smallest absolute Gasteiger partial charge is 0.261 e. The lowest BCUT2D eigenvalue weighted by atomic mass is 10.2. The zero-order valence-electron chi connectivity index (χ0n) is 7.04. The van der Waals surface area contributed by atoms with Crippen molar-refractivity contribution in [3.05, 3.63) is 41.2 Å². The molecule has 0 aromatic carbocycles. The van der Waals surface area contributed by atoms with E-state index in [-0.39, 0.29) is 5.69 Å². The molecule has 0 spiro atoms. The predicted octanol–water partition coefficient (Wildman–Crippen LogP) is 1.54. The molecule has 2 heterocycles. The summed E-state index contributed by atoms with van der Waals surface area (Å²) in [5.41, 5.74) is 0.718. The van der Waals surface area contributed by atoms with Gasteiger partial charge in [-0.15, -0.1) is 4.91 Å². The summed E-state index contributed by atoms with van der Waals surface area (Å²) in [6.07, 6.45) is 3.07. The number of hydrogen-bond donors (Lipinski definition) is 0. The highest BCUT2D eigenvalue weighted by atomic mass is 16.3. The molecule has 0 aliphatic rings. The van der Waals surface area contributed by atoms with Crippen LogP contribution in [-0.2, 0) is 0 Å². The Morgan fingerprint density at radius 1 is 1.36 bits per heavy atom. The van der Waals surface area contributed by atoms with Crippen LogP contribution in [0.5, 0.6) is 0 Å². The Labute approximate surface area is 78.8 Å². The molecule has 5 heteroatoms. The van der Waals surface area contributed by atoms with Crippen LogP contribution < -0.4 is 0 Å². The molecule has 1 amide bonds. The van der Waals surface area contributed by atoms with Crippen molar-refractivity contribution < 1.29 is 4.79 Å². The fraction of sp³-hybridized carbons (Fsp3) is 0. The van der Waals surface area contributed by atoms with Crippen molar-refractivity contribution in [1.82, 2.24) is 9.97 Å². The topological polar surface area (TPSA) is 72.3 Å². The lowest BCUT2D eigenvalue weighted by Crippen LogP contribution is -1.97. The third-order valence-corrected chi connectivity index (χ3v) is 1.79. The van der Waals surface area contributed by atoms with E-state index in [0.29, 0.717) is 5.52 Å². The summed E-state index contributed by atoms with van der Waals surface area (Å²) in [6, 6.07) is 5.02. The SMILES string of the molecule is O=NC(=O)c1cc2cccnc2cn1. The molecule has 14 heavy (non-hydrogen) atoms. The summed E-state index contributed by atoms with van der Waals surface area (Å²) >= 11 is 0. The molecule has 0 N–H and O–H groups in total. The standard InChI is InChI=1S/C9H5N3O2/c13-9(12-14)7-4-6-2-1-3-10-8(6)5-11-7/h1-5H. The number of carbonyl (C=O) groups is 1. The first-order valence-electron chi connectivity index (χ1n) is 3.90. The van der Waals surface area contributed by atoms with Gasteiger partial charge in [0.25, 0.3) is 0 Å². The highest BCUT2D eigenvalue weighted by Gasteiger charge is 2.07. The zero-order chi connectivity index (χ0) is 9.97. The number of rotatable bonds is 1. The highest BCUT2D eigenvalue weighted by molar-refractivity contribution is 5.96. The van der Waals surface area contributed by atoms with E-state index < -0.39 is 5.91 Å². The molecule has 0 fully saturated rings. The molecule has 0 radical (unpaired) electrons. The Kier molecular flexibility index (Phi) is 1.98. The Morgan fingerprint density at radius 3 is 3.00 bits per heavy atom. The molecule has 0 aliphatic carbocycles. The van der Waals surface area contributed by atoms with E-state index in [0.717, 1.165) is 5.39 Å². The maximum absolute atomic E-state index is 10.9. The van der Waals surface area contributed by atoms with Gasteiger partial charge >= 0.3 is 5.91 Å². The minimum Gasteiger partial charge on any atom is -0.261 e. The van der Waals surface area contributed by atoms with Crippen molar-refractivity contribution in [2.75, 3.05) is 0 Å². The van der Waals surface area contributed by atoms with Crippen LogP contribution in [0, 0.1) is 4.91 Å². The van der Waals surface area contributed by atoms with E-state index in [2.05, 4.69) is 15.1 Å². The van der Waals surface area contributed by atoms with Gasteiger partial charge in [0, 0.05) is 16.8 Å². The Bertz CT molecular complexity index is 510. The van der Waals surface area contributed by atoms with Gasteiger partial charge in [-0.05, 0) is 12.1 Å². The first-order valence-corrected chi connectivity index (χ1v) is 3.90. The van der Waals surface area contributed by atoms with E-state index in [1.165, 1.54) is 12.3 Å². The van der Waals surface area contributed by atoms with Crippen molar-refractivity contribution in [3.63, 3.8) is 0 Å². The average Bonchev–Trinajstić information content (AvgIpc) is 2.27. The summed E-state index contributed by atoms with van der Waals surface area (Å²) in [6.45, 7) is 0. The van der Waals surface area contributed by atoms with Gasteiger partial charge in [-0.2, -0.15) is 0 Å².